The Morgan fingerprint density at radius 3 is 2.71 bits per heavy atom. The molecular weight excluding hydrogens is 268 g/mol. The summed E-state index contributed by atoms with van der Waals surface area (Å²) in [5, 5.41) is 0. The molecule has 0 bridgehead atoms. The van der Waals surface area contributed by atoms with Crippen LogP contribution in [0.15, 0.2) is 41.0 Å². The van der Waals surface area contributed by atoms with Gasteiger partial charge in [-0.2, -0.15) is 0 Å². The van der Waals surface area contributed by atoms with Crippen molar-refractivity contribution < 1.29 is 13.9 Å². The average Bonchev–Trinajstić information content (AvgIpc) is 2.98. The second-order valence-corrected chi connectivity index (χ2v) is 4.56. The standard InChI is InChI=1S/C16H20N2O3/c1-3-18(11-12-7-6-10-21-12)15-13(16(19)20-4-2)8-5-9-14(15)17/h5-10H,3-4,11,17H2,1-2H3. The molecule has 1 heterocycles. The van der Waals surface area contributed by atoms with E-state index in [0.717, 1.165) is 5.76 Å². The van der Waals surface area contributed by atoms with Crippen LogP contribution in [0.4, 0.5) is 11.4 Å². The van der Waals surface area contributed by atoms with Crippen LogP contribution < -0.4 is 10.6 Å². The van der Waals surface area contributed by atoms with Gasteiger partial charge in [-0.05, 0) is 38.1 Å². The number of rotatable bonds is 6. The molecule has 112 valence electrons. The van der Waals surface area contributed by atoms with Crippen LogP contribution in [-0.4, -0.2) is 19.1 Å². The number of para-hydroxylation sites is 1. The molecule has 0 unspecified atom stereocenters. The van der Waals surface area contributed by atoms with E-state index in [-0.39, 0.29) is 5.97 Å². The molecule has 5 heteroatoms. The Labute approximate surface area is 124 Å². The minimum Gasteiger partial charge on any atom is -0.467 e. The lowest BCUT2D eigenvalue weighted by Gasteiger charge is -2.25. The first kappa shape index (κ1) is 15.0. The maximum Gasteiger partial charge on any atom is 0.340 e. The molecule has 0 aliphatic rings. The molecule has 21 heavy (non-hydrogen) atoms. The monoisotopic (exact) mass is 288 g/mol. The number of hydrogen-bond donors (Lipinski definition) is 1. The van der Waals surface area contributed by atoms with E-state index in [2.05, 4.69) is 0 Å². The molecular formula is C16H20N2O3. The number of nitrogens with zero attached hydrogens (tertiary/aromatic N) is 1. The van der Waals surface area contributed by atoms with Gasteiger partial charge < -0.3 is 19.8 Å². The smallest absolute Gasteiger partial charge is 0.340 e. The maximum atomic E-state index is 12.1. The summed E-state index contributed by atoms with van der Waals surface area (Å²) in [4.78, 5) is 14.1. The number of furan rings is 1. The van der Waals surface area contributed by atoms with Crippen LogP contribution in [0.5, 0.6) is 0 Å². The number of carbonyl (C=O) groups excluding carboxylic acids is 1. The number of nitrogens with two attached hydrogens (primary N) is 1. The first-order valence-corrected chi connectivity index (χ1v) is 7.00. The van der Waals surface area contributed by atoms with Crippen molar-refractivity contribution in [3.05, 3.63) is 47.9 Å². The van der Waals surface area contributed by atoms with Crippen molar-refractivity contribution in [2.75, 3.05) is 23.8 Å². The third-order valence-corrected chi connectivity index (χ3v) is 3.19. The van der Waals surface area contributed by atoms with Gasteiger partial charge >= 0.3 is 5.97 Å². The number of benzene rings is 1. The first-order chi connectivity index (χ1) is 10.2. The molecule has 2 aromatic rings. The number of nitrogen functional groups attached to an aromatic ring is 1. The average molecular weight is 288 g/mol. The zero-order valence-corrected chi connectivity index (χ0v) is 12.3. The zero-order valence-electron chi connectivity index (χ0n) is 12.3. The van der Waals surface area contributed by atoms with E-state index in [1.54, 1.807) is 31.4 Å². The maximum absolute atomic E-state index is 12.1. The molecule has 2 N–H and O–H groups in total. The Bertz CT molecular complexity index is 594. The van der Waals surface area contributed by atoms with Crippen LogP contribution in [0.2, 0.25) is 0 Å². The van der Waals surface area contributed by atoms with Crippen LogP contribution in [-0.2, 0) is 11.3 Å². The van der Waals surface area contributed by atoms with Crippen molar-refractivity contribution >= 4 is 17.3 Å². The molecule has 0 spiro atoms. The summed E-state index contributed by atoms with van der Waals surface area (Å²) >= 11 is 0. The van der Waals surface area contributed by atoms with Crippen molar-refractivity contribution in [1.29, 1.82) is 0 Å². The summed E-state index contributed by atoms with van der Waals surface area (Å²) < 4.78 is 10.5. The Morgan fingerprint density at radius 2 is 2.10 bits per heavy atom. The lowest BCUT2D eigenvalue weighted by molar-refractivity contribution is 0.0527. The molecule has 0 aliphatic carbocycles. The Hall–Kier alpha value is -2.43. The predicted molar refractivity (Wildman–Crippen MR) is 82.2 cm³/mol. The fraction of sp³-hybridized carbons (Fsp3) is 0.312. The molecule has 0 radical (unpaired) electrons. The van der Waals surface area contributed by atoms with E-state index in [1.165, 1.54) is 0 Å². The van der Waals surface area contributed by atoms with Gasteiger partial charge in [-0.25, -0.2) is 4.79 Å². The molecule has 0 saturated heterocycles. The fourth-order valence-electron chi connectivity index (χ4n) is 2.23. The van der Waals surface area contributed by atoms with E-state index >= 15 is 0 Å². The molecule has 0 saturated carbocycles. The van der Waals surface area contributed by atoms with Crippen LogP contribution in [0, 0.1) is 0 Å². The first-order valence-electron chi connectivity index (χ1n) is 7.00. The summed E-state index contributed by atoms with van der Waals surface area (Å²) in [5.74, 6) is 0.451. The topological polar surface area (TPSA) is 68.7 Å². The SMILES string of the molecule is CCOC(=O)c1cccc(N)c1N(CC)Cc1ccco1. The zero-order chi connectivity index (χ0) is 15.2. The summed E-state index contributed by atoms with van der Waals surface area (Å²) in [5.41, 5.74) is 7.80. The molecule has 0 aliphatic heterocycles. The predicted octanol–water partition coefficient (Wildman–Crippen LogP) is 3.07. The minimum atomic E-state index is -0.363. The van der Waals surface area contributed by atoms with Gasteiger partial charge in [-0.1, -0.05) is 6.07 Å². The summed E-state index contributed by atoms with van der Waals surface area (Å²) in [6.07, 6.45) is 1.63. The van der Waals surface area contributed by atoms with Gasteiger partial charge in [0.15, 0.2) is 0 Å². The highest BCUT2D eigenvalue weighted by Gasteiger charge is 2.20. The van der Waals surface area contributed by atoms with Gasteiger partial charge in [0.05, 0.1) is 36.4 Å². The van der Waals surface area contributed by atoms with Crippen molar-refractivity contribution in [2.45, 2.75) is 20.4 Å². The second kappa shape index (κ2) is 6.83. The molecule has 1 aromatic heterocycles. The van der Waals surface area contributed by atoms with Crippen LogP contribution in [0.1, 0.15) is 30.0 Å². The molecule has 0 fully saturated rings. The lowest BCUT2D eigenvalue weighted by Crippen LogP contribution is -2.25. The largest absolute Gasteiger partial charge is 0.467 e. The molecule has 0 atom stereocenters. The second-order valence-electron chi connectivity index (χ2n) is 4.56. The van der Waals surface area contributed by atoms with Crippen LogP contribution >= 0.6 is 0 Å². The van der Waals surface area contributed by atoms with Gasteiger partial charge in [-0.15, -0.1) is 0 Å². The van der Waals surface area contributed by atoms with Crippen molar-refractivity contribution in [3.63, 3.8) is 0 Å². The van der Waals surface area contributed by atoms with Crippen LogP contribution in [0.3, 0.4) is 0 Å². The quantitative estimate of drug-likeness (QED) is 0.653. The summed E-state index contributed by atoms with van der Waals surface area (Å²) in [7, 11) is 0. The highest BCUT2D eigenvalue weighted by atomic mass is 16.5. The third kappa shape index (κ3) is 3.37. The number of carbonyl (C=O) groups is 1. The van der Waals surface area contributed by atoms with E-state index in [9.17, 15) is 4.79 Å². The molecule has 2 rings (SSSR count). The third-order valence-electron chi connectivity index (χ3n) is 3.19. The van der Waals surface area contributed by atoms with E-state index in [1.807, 2.05) is 24.0 Å². The Morgan fingerprint density at radius 1 is 1.29 bits per heavy atom. The fourth-order valence-corrected chi connectivity index (χ4v) is 2.23. The normalized spacial score (nSPS) is 10.4. The number of hydrogen-bond acceptors (Lipinski definition) is 5. The molecule has 5 nitrogen and oxygen atoms in total. The molecule has 0 amide bonds. The van der Waals surface area contributed by atoms with Gasteiger partial charge in [0.2, 0.25) is 0 Å². The minimum absolute atomic E-state index is 0.331. The number of esters is 1. The highest BCUT2D eigenvalue weighted by Crippen LogP contribution is 2.30. The van der Waals surface area contributed by atoms with Gasteiger partial charge in [0, 0.05) is 6.54 Å². The van der Waals surface area contributed by atoms with Crippen molar-refractivity contribution in [1.82, 2.24) is 0 Å². The lowest BCUT2D eigenvalue weighted by atomic mass is 10.1. The summed E-state index contributed by atoms with van der Waals surface area (Å²) in [6.45, 7) is 5.36. The molecule has 1 aromatic carbocycles. The van der Waals surface area contributed by atoms with Crippen molar-refractivity contribution in [2.24, 2.45) is 0 Å². The number of ether oxygens (including phenoxy) is 1. The van der Waals surface area contributed by atoms with Crippen molar-refractivity contribution in [3.8, 4) is 0 Å². The van der Waals surface area contributed by atoms with E-state index in [0.29, 0.717) is 36.6 Å². The van der Waals surface area contributed by atoms with Gasteiger partial charge in [0.1, 0.15) is 5.76 Å². The van der Waals surface area contributed by atoms with E-state index < -0.39 is 0 Å². The highest BCUT2D eigenvalue weighted by molar-refractivity contribution is 5.99. The summed E-state index contributed by atoms with van der Waals surface area (Å²) in [6, 6.07) is 9.00. The number of anilines is 2. The van der Waals surface area contributed by atoms with Gasteiger partial charge in [-0.3, -0.25) is 0 Å². The van der Waals surface area contributed by atoms with Crippen LogP contribution in [0.25, 0.3) is 0 Å². The van der Waals surface area contributed by atoms with Gasteiger partial charge in [0.25, 0.3) is 0 Å². The van der Waals surface area contributed by atoms with E-state index in [4.69, 9.17) is 14.9 Å². The Balaban J connectivity index is 2.37. The Kier molecular flexibility index (Phi) is 4.87.